The Morgan fingerprint density at radius 2 is 1.72 bits per heavy atom. The lowest BCUT2D eigenvalue weighted by Crippen LogP contribution is -2.19. The van der Waals surface area contributed by atoms with Gasteiger partial charge in [-0.1, -0.05) is 29.8 Å². The van der Waals surface area contributed by atoms with E-state index in [9.17, 15) is 35.9 Å². The quantitative estimate of drug-likeness (QED) is 0.231. The monoisotopic (exact) mass is 633 g/mol. The lowest BCUT2D eigenvalue weighted by molar-refractivity contribution is -0.142. The molecule has 4 aromatic rings. The second-order valence-corrected chi connectivity index (χ2v) is 10.3. The molecule has 3 N–H and O–H groups in total. The Balaban J connectivity index is 1.76. The zero-order valence-corrected chi connectivity index (χ0v) is 22.5. The van der Waals surface area contributed by atoms with Crippen molar-refractivity contribution in [3.05, 3.63) is 62.3 Å². The molecule has 206 valence electrons. The third-order valence-electron chi connectivity index (χ3n) is 5.76. The van der Waals surface area contributed by atoms with E-state index >= 15 is 0 Å². The summed E-state index contributed by atoms with van der Waals surface area (Å²) in [6.45, 7) is 2.94. The van der Waals surface area contributed by atoms with Gasteiger partial charge in [0.25, 0.3) is 5.91 Å². The summed E-state index contributed by atoms with van der Waals surface area (Å²) >= 11 is 3.45. The number of aromatic nitrogens is 3. The zero-order chi connectivity index (χ0) is 28.9. The maximum Gasteiger partial charge on any atom is 0.436 e. The summed E-state index contributed by atoms with van der Waals surface area (Å²) < 4.78 is 81.2. The van der Waals surface area contributed by atoms with Crippen molar-refractivity contribution in [1.29, 1.82) is 0 Å². The summed E-state index contributed by atoms with van der Waals surface area (Å²) in [4.78, 5) is 28.4. The van der Waals surface area contributed by atoms with E-state index < -0.39 is 35.6 Å². The van der Waals surface area contributed by atoms with E-state index in [0.29, 0.717) is 16.9 Å². The number of thiophene rings is 1. The van der Waals surface area contributed by atoms with Gasteiger partial charge < -0.3 is 11.1 Å². The van der Waals surface area contributed by atoms with Crippen molar-refractivity contribution in [3.63, 3.8) is 0 Å². The number of fused-ring (bicyclic) bond motifs is 1. The summed E-state index contributed by atoms with van der Waals surface area (Å²) in [6.07, 6.45) is -9.87. The maximum atomic E-state index is 13.6. The first-order valence-electron chi connectivity index (χ1n) is 11.1. The molecule has 3 aromatic heterocycles. The molecule has 0 saturated heterocycles. The molecular weight excluding hydrogens is 616 g/mol. The number of carbonyl (C=O) groups is 2. The lowest BCUT2D eigenvalue weighted by atomic mass is 10.00. The molecule has 1 aromatic carbocycles. The predicted molar refractivity (Wildman–Crippen MR) is 136 cm³/mol. The molecule has 39 heavy (non-hydrogen) atoms. The van der Waals surface area contributed by atoms with E-state index in [0.717, 1.165) is 16.3 Å². The van der Waals surface area contributed by atoms with E-state index in [1.165, 1.54) is 6.92 Å². The van der Waals surface area contributed by atoms with Crippen molar-refractivity contribution in [2.45, 2.75) is 39.2 Å². The van der Waals surface area contributed by atoms with Gasteiger partial charge in [0.15, 0.2) is 5.69 Å². The molecule has 0 atom stereocenters. The molecular formula is C24H18BrF6N5O2S. The molecule has 0 spiro atoms. The number of hydrogen-bond donors (Lipinski definition) is 2. The molecule has 4 rings (SSSR count). The van der Waals surface area contributed by atoms with Gasteiger partial charge in [-0.3, -0.25) is 14.3 Å². The van der Waals surface area contributed by atoms with Gasteiger partial charge in [-0.2, -0.15) is 31.4 Å². The first-order valence-corrected chi connectivity index (χ1v) is 12.7. The van der Waals surface area contributed by atoms with Gasteiger partial charge in [0.2, 0.25) is 5.91 Å². The summed E-state index contributed by atoms with van der Waals surface area (Å²) in [5.74, 6) is -1.73. The molecule has 3 heterocycles. The molecule has 0 aliphatic rings. The van der Waals surface area contributed by atoms with Gasteiger partial charge in [0.05, 0.1) is 22.4 Å². The number of anilines is 1. The molecule has 0 unspecified atom stereocenters. The first kappa shape index (κ1) is 28.5. The number of amides is 2. The fraction of sp³-hybridized carbons (Fsp3) is 0.250. The van der Waals surface area contributed by atoms with Crippen LogP contribution < -0.4 is 11.1 Å². The molecule has 0 radical (unpaired) electrons. The van der Waals surface area contributed by atoms with Crippen molar-refractivity contribution >= 4 is 55.0 Å². The highest BCUT2D eigenvalue weighted by atomic mass is 79.9. The van der Waals surface area contributed by atoms with Gasteiger partial charge in [0, 0.05) is 11.8 Å². The first-order chi connectivity index (χ1) is 18.1. The molecule has 15 heteroatoms. The van der Waals surface area contributed by atoms with Crippen LogP contribution in [0.3, 0.4) is 0 Å². The van der Waals surface area contributed by atoms with Crippen LogP contribution in [0, 0.1) is 13.8 Å². The Hall–Kier alpha value is -3.46. The highest BCUT2D eigenvalue weighted by molar-refractivity contribution is 9.10. The number of hydrogen-bond acceptors (Lipinski definition) is 5. The Labute approximate surface area is 229 Å². The third-order valence-corrected chi connectivity index (χ3v) is 7.80. The number of nitrogens with one attached hydrogen (secondary N) is 1. The number of rotatable bonds is 6. The minimum atomic E-state index is -4.79. The van der Waals surface area contributed by atoms with Gasteiger partial charge in [-0.25, -0.2) is 4.98 Å². The Morgan fingerprint density at radius 3 is 2.26 bits per heavy atom. The molecule has 7 nitrogen and oxygen atoms in total. The van der Waals surface area contributed by atoms with Crippen LogP contribution in [0.2, 0.25) is 0 Å². The van der Waals surface area contributed by atoms with Crippen LogP contribution in [0.4, 0.5) is 32.0 Å². The minimum Gasteiger partial charge on any atom is -0.365 e. The van der Waals surface area contributed by atoms with Crippen molar-refractivity contribution in [1.82, 2.24) is 14.8 Å². The van der Waals surface area contributed by atoms with E-state index in [4.69, 9.17) is 5.73 Å². The molecule has 2 amide bonds. The van der Waals surface area contributed by atoms with Crippen LogP contribution in [0.1, 0.15) is 38.7 Å². The second-order valence-electron chi connectivity index (χ2n) is 8.54. The standard InChI is InChI=1S/C24H18BrF6N5O2S/c1-10-3-5-12(6-4-10)13-9-14(23(26,27)28)33-22-16(13)18(19(39-22)21(32)38)34-15(37)7-8-36-11(2)17(25)20(35-36)24(29,30)31/h3-6,9H,7-8H2,1-2H3,(H2,32,38)(H,34,37). The van der Waals surface area contributed by atoms with E-state index in [1.807, 2.05) is 0 Å². The maximum absolute atomic E-state index is 13.6. The molecule has 0 fully saturated rings. The average molecular weight is 634 g/mol. The highest BCUT2D eigenvalue weighted by Crippen LogP contribution is 2.44. The highest BCUT2D eigenvalue weighted by Gasteiger charge is 2.38. The molecule has 0 bridgehead atoms. The van der Waals surface area contributed by atoms with Gasteiger partial charge in [0.1, 0.15) is 15.4 Å². The molecule has 0 aliphatic heterocycles. The van der Waals surface area contributed by atoms with Crippen LogP contribution in [0.25, 0.3) is 21.3 Å². The van der Waals surface area contributed by atoms with Crippen molar-refractivity contribution in [2.75, 3.05) is 5.32 Å². The number of primary amides is 1. The third kappa shape index (κ3) is 5.78. The molecule has 0 aliphatic carbocycles. The van der Waals surface area contributed by atoms with Crippen LogP contribution in [-0.2, 0) is 23.7 Å². The van der Waals surface area contributed by atoms with Crippen LogP contribution in [0.5, 0.6) is 0 Å². The van der Waals surface area contributed by atoms with Crippen molar-refractivity contribution in [2.24, 2.45) is 5.73 Å². The van der Waals surface area contributed by atoms with E-state index in [-0.39, 0.29) is 49.5 Å². The Bertz CT molecular complexity index is 1590. The van der Waals surface area contributed by atoms with Crippen LogP contribution in [-0.4, -0.2) is 26.6 Å². The number of carbonyl (C=O) groups excluding carboxylic acids is 2. The van der Waals surface area contributed by atoms with Crippen molar-refractivity contribution in [3.8, 4) is 11.1 Å². The SMILES string of the molecule is Cc1ccc(-c2cc(C(F)(F)F)nc3sc(C(N)=O)c(NC(=O)CCn4nc(C(F)(F)F)c(Br)c4C)c23)cc1. The van der Waals surface area contributed by atoms with Crippen LogP contribution in [0.15, 0.2) is 34.8 Å². The topological polar surface area (TPSA) is 103 Å². The number of nitrogens with two attached hydrogens (primary N) is 1. The number of pyridine rings is 1. The predicted octanol–water partition coefficient (Wildman–Crippen LogP) is 6.70. The summed E-state index contributed by atoms with van der Waals surface area (Å²) in [5, 5.41) is 6.11. The van der Waals surface area contributed by atoms with E-state index in [2.05, 4.69) is 31.3 Å². The van der Waals surface area contributed by atoms with Gasteiger partial charge >= 0.3 is 12.4 Å². The summed E-state index contributed by atoms with van der Waals surface area (Å²) in [7, 11) is 0. The lowest BCUT2D eigenvalue weighted by Gasteiger charge is -2.13. The Morgan fingerprint density at radius 1 is 1.08 bits per heavy atom. The summed E-state index contributed by atoms with van der Waals surface area (Å²) in [5.41, 5.74) is 4.44. The fourth-order valence-electron chi connectivity index (χ4n) is 3.83. The van der Waals surface area contributed by atoms with Gasteiger partial charge in [-0.05, 0) is 47.0 Å². The van der Waals surface area contributed by atoms with Crippen LogP contribution >= 0.6 is 27.3 Å². The number of nitrogens with zero attached hydrogens (tertiary/aromatic N) is 3. The van der Waals surface area contributed by atoms with Gasteiger partial charge in [-0.15, -0.1) is 11.3 Å². The van der Waals surface area contributed by atoms with E-state index in [1.54, 1.807) is 31.2 Å². The average Bonchev–Trinajstić information content (AvgIpc) is 3.34. The normalized spacial score (nSPS) is 12.2. The number of alkyl halides is 6. The minimum absolute atomic E-state index is 0.0630. The molecule has 0 saturated carbocycles. The van der Waals surface area contributed by atoms with Crippen molar-refractivity contribution < 1.29 is 35.9 Å². The second kappa shape index (κ2) is 10.3. The number of aryl methyl sites for hydroxylation is 2. The fourth-order valence-corrected chi connectivity index (χ4v) is 5.35. The smallest absolute Gasteiger partial charge is 0.365 e. The Kier molecular flexibility index (Phi) is 7.51. The zero-order valence-electron chi connectivity index (χ0n) is 20.1. The number of halogens is 7. The summed E-state index contributed by atoms with van der Waals surface area (Å²) in [6, 6.07) is 7.38. The largest absolute Gasteiger partial charge is 0.436 e. The number of benzene rings is 1.